The number of carboxylic acids is 1. The smallest absolute Gasteiger partial charge is 0.329 e. The molecule has 0 saturated heterocycles. The van der Waals surface area contributed by atoms with Crippen LogP contribution in [-0.2, 0) is 9.59 Å². The molecule has 1 rings (SSSR count). The van der Waals surface area contributed by atoms with Gasteiger partial charge in [-0.15, -0.1) is 18.3 Å². The van der Waals surface area contributed by atoms with E-state index in [1.807, 2.05) is 0 Å². The Morgan fingerprint density at radius 3 is 2.64 bits per heavy atom. The zero-order valence-corrected chi connectivity index (χ0v) is 8.60. The van der Waals surface area contributed by atoms with Gasteiger partial charge in [-0.1, -0.05) is 6.08 Å². The number of nitrogens with one attached hydrogen (secondary N) is 1. The predicted molar refractivity (Wildman–Crippen MR) is 55.3 cm³/mol. The third-order valence-electron chi connectivity index (χ3n) is 2.01. The molecule has 14 heavy (non-hydrogen) atoms. The average molecular weight is 215 g/mol. The number of rotatable bonds is 6. The van der Waals surface area contributed by atoms with Gasteiger partial charge in [0.2, 0.25) is 5.91 Å². The summed E-state index contributed by atoms with van der Waals surface area (Å²) in [5.41, 5.74) is -0.953. The van der Waals surface area contributed by atoms with Gasteiger partial charge in [0.1, 0.15) is 5.54 Å². The van der Waals surface area contributed by atoms with Crippen LogP contribution < -0.4 is 5.32 Å². The fraction of sp³-hybridized carbons (Fsp3) is 0.556. The lowest BCUT2D eigenvalue weighted by Crippen LogP contribution is -2.43. The van der Waals surface area contributed by atoms with Crippen molar-refractivity contribution in [3.63, 3.8) is 0 Å². The summed E-state index contributed by atoms with van der Waals surface area (Å²) < 4.78 is 0. The summed E-state index contributed by atoms with van der Waals surface area (Å²) in [6.07, 6.45) is 2.79. The third kappa shape index (κ3) is 2.77. The molecule has 0 atom stereocenters. The molecule has 0 unspecified atom stereocenters. The van der Waals surface area contributed by atoms with E-state index in [9.17, 15) is 9.59 Å². The third-order valence-corrected chi connectivity index (χ3v) is 2.94. The Labute approximate surface area is 86.8 Å². The molecule has 5 heteroatoms. The maximum Gasteiger partial charge on any atom is 0.329 e. The number of carboxylic acid groups (broad SMARTS) is 1. The van der Waals surface area contributed by atoms with E-state index in [1.165, 1.54) is 11.8 Å². The van der Waals surface area contributed by atoms with Gasteiger partial charge < -0.3 is 10.4 Å². The molecule has 0 spiro atoms. The molecule has 0 aromatic carbocycles. The molecule has 0 aromatic rings. The van der Waals surface area contributed by atoms with Crippen molar-refractivity contribution in [1.29, 1.82) is 0 Å². The lowest BCUT2D eigenvalue weighted by molar-refractivity contribution is -0.142. The van der Waals surface area contributed by atoms with Gasteiger partial charge in [-0.05, 0) is 12.8 Å². The fourth-order valence-electron chi connectivity index (χ4n) is 1.06. The highest BCUT2D eigenvalue weighted by Crippen LogP contribution is 2.35. The van der Waals surface area contributed by atoms with Crippen LogP contribution in [0.1, 0.15) is 12.8 Å². The van der Waals surface area contributed by atoms with E-state index in [0.717, 1.165) is 0 Å². The van der Waals surface area contributed by atoms with E-state index in [4.69, 9.17) is 5.11 Å². The first-order chi connectivity index (χ1) is 6.60. The first-order valence-corrected chi connectivity index (χ1v) is 5.49. The summed E-state index contributed by atoms with van der Waals surface area (Å²) in [6.45, 7) is 3.53. The number of carbonyl (C=O) groups excluding carboxylic acids is 1. The lowest BCUT2D eigenvalue weighted by Gasteiger charge is -2.11. The predicted octanol–water partition coefficient (Wildman–Crippen LogP) is 0.639. The molecule has 1 aliphatic carbocycles. The van der Waals surface area contributed by atoms with Crippen molar-refractivity contribution in [3.8, 4) is 0 Å². The van der Waals surface area contributed by atoms with Crippen LogP contribution in [0.15, 0.2) is 12.7 Å². The van der Waals surface area contributed by atoms with Crippen molar-refractivity contribution in [2.75, 3.05) is 11.5 Å². The topological polar surface area (TPSA) is 66.4 Å². The second-order valence-electron chi connectivity index (χ2n) is 3.24. The van der Waals surface area contributed by atoms with Crippen molar-refractivity contribution in [2.45, 2.75) is 18.4 Å². The SMILES string of the molecule is C=CCSCC(=O)NC1(C(=O)O)CC1. The van der Waals surface area contributed by atoms with Gasteiger partial charge in [0.15, 0.2) is 0 Å². The molecule has 4 nitrogen and oxygen atoms in total. The first-order valence-electron chi connectivity index (χ1n) is 4.34. The number of thioether (sulfide) groups is 1. The van der Waals surface area contributed by atoms with E-state index in [-0.39, 0.29) is 5.91 Å². The number of amides is 1. The van der Waals surface area contributed by atoms with Crippen LogP contribution in [0.5, 0.6) is 0 Å². The van der Waals surface area contributed by atoms with Crippen molar-refractivity contribution in [1.82, 2.24) is 5.32 Å². The summed E-state index contributed by atoms with van der Waals surface area (Å²) in [7, 11) is 0. The van der Waals surface area contributed by atoms with Crippen LogP contribution in [-0.4, -0.2) is 34.0 Å². The van der Waals surface area contributed by atoms with Crippen LogP contribution in [0, 0.1) is 0 Å². The van der Waals surface area contributed by atoms with Crippen LogP contribution in [0.2, 0.25) is 0 Å². The summed E-state index contributed by atoms with van der Waals surface area (Å²) in [4.78, 5) is 22.0. The van der Waals surface area contributed by atoms with Gasteiger partial charge in [0.25, 0.3) is 0 Å². The molecule has 1 fully saturated rings. The minimum Gasteiger partial charge on any atom is -0.480 e. The monoisotopic (exact) mass is 215 g/mol. The number of aliphatic carboxylic acids is 1. The van der Waals surface area contributed by atoms with E-state index < -0.39 is 11.5 Å². The summed E-state index contributed by atoms with van der Waals surface area (Å²) in [6, 6.07) is 0. The zero-order valence-electron chi connectivity index (χ0n) is 7.78. The van der Waals surface area contributed by atoms with Crippen LogP contribution in [0.4, 0.5) is 0 Å². The Morgan fingerprint density at radius 1 is 1.57 bits per heavy atom. The van der Waals surface area contributed by atoms with E-state index >= 15 is 0 Å². The molecule has 0 radical (unpaired) electrons. The second kappa shape index (κ2) is 4.50. The Balaban J connectivity index is 2.27. The molecule has 1 saturated carbocycles. The molecule has 2 N–H and O–H groups in total. The van der Waals surface area contributed by atoms with Crippen LogP contribution >= 0.6 is 11.8 Å². The minimum atomic E-state index is -0.953. The second-order valence-corrected chi connectivity index (χ2v) is 4.27. The van der Waals surface area contributed by atoms with E-state index in [0.29, 0.717) is 24.3 Å². The van der Waals surface area contributed by atoms with Gasteiger partial charge in [0.05, 0.1) is 5.75 Å². The van der Waals surface area contributed by atoms with Gasteiger partial charge in [0, 0.05) is 5.75 Å². The van der Waals surface area contributed by atoms with E-state index in [2.05, 4.69) is 11.9 Å². The minimum absolute atomic E-state index is 0.211. The molecule has 0 bridgehead atoms. The maximum atomic E-state index is 11.2. The Morgan fingerprint density at radius 2 is 2.21 bits per heavy atom. The summed E-state index contributed by atoms with van der Waals surface area (Å²) in [5.74, 6) is -0.148. The van der Waals surface area contributed by atoms with Gasteiger partial charge in [-0.25, -0.2) is 4.79 Å². The number of carbonyl (C=O) groups is 2. The molecule has 1 amide bonds. The molecular formula is C9H13NO3S. The van der Waals surface area contributed by atoms with Crippen LogP contribution in [0.3, 0.4) is 0 Å². The lowest BCUT2D eigenvalue weighted by atomic mass is 10.3. The van der Waals surface area contributed by atoms with Crippen molar-refractivity contribution in [2.24, 2.45) is 0 Å². The standard InChI is InChI=1S/C9H13NO3S/c1-2-5-14-6-7(11)10-9(3-4-9)8(12)13/h2H,1,3-6H2,(H,10,11)(H,12,13). The highest BCUT2D eigenvalue weighted by Gasteiger charge is 2.51. The normalized spacial score (nSPS) is 17.1. The summed E-state index contributed by atoms with van der Waals surface area (Å²) >= 11 is 1.42. The Kier molecular flexibility index (Phi) is 3.57. The van der Waals surface area contributed by atoms with Crippen molar-refractivity contribution >= 4 is 23.6 Å². The molecule has 0 heterocycles. The fourth-order valence-corrected chi connectivity index (χ4v) is 1.60. The molecule has 0 aliphatic heterocycles. The summed E-state index contributed by atoms with van der Waals surface area (Å²) in [5, 5.41) is 11.3. The van der Waals surface area contributed by atoms with E-state index in [1.54, 1.807) is 6.08 Å². The molecule has 78 valence electrons. The molecule has 1 aliphatic rings. The first kappa shape index (κ1) is 11.1. The largest absolute Gasteiger partial charge is 0.480 e. The average Bonchev–Trinajstić information content (AvgIpc) is 2.86. The highest BCUT2D eigenvalue weighted by molar-refractivity contribution is 8.00. The Hall–Kier alpha value is -0.970. The van der Waals surface area contributed by atoms with Crippen LogP contribution in [0.25, 0.3) is 0 Å². The highest BCUT2D eigenvalue weighted by atomic mass is 32.2. The maximum absolute atomic E-state index is 11.2. The molecule has 0 aromatic heterocycles. The van der Waals surface area contributed by atoms with Crippen molar-refractivity contribution < 1.29 is 14.7 Å². The van der Waals surface area contributed by atoms with Gasteiger partial charge in [-0.3, -0.25) is 4.79 Å². The van der Waals surface area contributed by atoms with Gasteiger partial charge in [-0.2, -0.15) is 0 Å². The number of hydrogen-bond acceptors (Lipinski definition) is 3. The van der Waals surface area contributed by atoms with Gasteiger partial charge >= 0.3 is 5.97 Å². The number of hydrogen-bond donors (Lipinski definition) is 2. The zero-order chi connectivity index (χ0) is 10.6. The Bertz CT molecular complexity index is 261. The quantitative estimate of drug-likeness (QED) is 0.504. The molecular weight excluding hydrogens is 202 g/mol. The van der Waals surface area contributed by atoms with Crippen molar-refractivity contribution in [3.05, 3.63) is 12.7 Å².